The first-order valence-electron chi connectivity index (χ1n) is 9.19. The summed E-state index contributed by atoms with van der Waals surface area (Å²) in [5.41, 5.74) is 1.05. The number of amides is 2. The highest BCUT2D eigenvalue weighted by molar-refractivity contribution is 5.77. The summed E-state index contributed by atoms with van der Waals surface area (Å²) in [5.74, 6) is 0.187. The number of hydrogen-bond acceptors (Lipinski definition) is 5. The number of rotatable bonds is 5. The quantitative estimate of drug-likeness (QED) is 0.751. The smallest absolute Gasteiger partial charge is 0.409 e. The minimum absolute atomic E-state index is 0.0283. The van der Waals surface area contributed by atoms with Crippen molar-refractivity contribution in [3.8, 4) is 0 Å². The van der Waals surface area contributed by atoms with E-state index in [2.05, 4.69) is 4.98 Å². The molecule has 2 fully saturated rings. The van der Waals surface area contributed by atoms with Gasteiger partial charge in [-0.2, -0.15) is 0 Å². The van der Waals surface area contributed by atoms with Crippen molar-refractivity contribution in [3.05, 3.63) is 30.1 Å². The van der Waals surface area contributed by atoms with Crippen LogP contribution in [0.5, 0.6) is 0 Å². The Morgan fingerprint density at radius 3 is 2.81 bits per heavy atom. The van der Waals surface area contributed by atoms with Gasteiger partial charge in [-0.05, 0) is 37.0 Å². The first-order chi connectivity index (χ1) is 12.6. The molecule has 2 amide bonds. The van der Waals surface area contributed by atoms with Crippen LogP contribution in [0.2, 0.25) is 0 Å². The zero-order valence-electron chi connectivity index (χ0n) is 15.4. The first kappa shape index (κ1) is 18.6. The highest BCUT2D eigenvalue weighted by Gasteiger charge is 2.43. The largest absolute Gasteiger partial charge is 0.447 e. The van der Waals surface area contributed by atoms with Crippen molar-refractivity contribution in [3.63, 3.8) is 0 Å². The molecule has 2 saturated heterocycles. The summed E-state index contributed by atoms with van der Waals surface area (Å²) in [5, 5.41) is 0. The molecule has 142 valence electrons. The topological polar surface area (TPSA) is 72.0 Å². The van der Waals surface area contributed by atoms with Gasteiger partial charge < -0.3 is 19.3 Å². The normalized spacial score (nSPS) is 23.3. The minimum atomic E-state index is -0.279. The Hall–Kier alpha value is -2.15. The molecule has 0 bridgehead atoms. The number of ether oxygens (including phenoxy) is 2. The summed E-state index contributed by atoms with van der Waals surface area (Å²) in [7, 11) is 1.58. The lowest BCUT2D eigenvalue weighted by Crippen LogP contribution is -2.55. The third kappa shape index (κ3) is 4.52. The number of piperidine rings is 2. The SMILES string of the molecule is COCCOC(=O)N1CCCC2(CCC(=O)N(Cc3ccncc3)C2)C1. The molecule has 1 aromatic heterocycles. The second-order valence-electron chi connectivity index (χ2n) is 7.24. The molecule has 1 spiro atoms. The second-order valence-corrected chi connectivity index (χ2v) is 7.24. The molecule has 0 radical (unpaired) electrons. The maximum Gasteiger partial charge on any atom is 0.409 e. The van der Waals surface area contributed by atoms with E-state index in [1.807, 2.05) is 17.0 Å². The van der Waals surface area contributed by atoms with Gasteiger partial charge in [0.05, 0.1) is 6.61 Å². The second kappa shape index (κ2) is 8.49. The Bertz CT molecular complexity index is 624. The number of carbonyl (C=O) groups is 2. The van der Waals surface area contributed by atoms with Gasteiger partial charge in [0.15, 0.2) is 0 Å². The molecule has 1 aromatic rings. The van der Waals surface area contributed by atoms with Crippen LogP contribution in [-0.2, 0) is 20.8 Å². The number of likely N-dealkylation sites (tertiary alicyclic amines) is 2. The van der Waals surface area contributed by atoms with E-state index in [4.69, 9.17) is 9.47 Å². The predicted molar refractivity (Wildman–Crippen MR) is 95.4 cm³/mol. The van der Waals surface area contributed by atoms with Gasteiger partial charge in [-0.25, -0.2) is 4.79 Å². The zero-order valence-corrected chi connectivity index (χ0v) is 15.4. The van der Waals surface area contributed by atoms with Gasteiger partial charge in [-0.15, -0.1) is 0 Å². The van der Waals surface area contributed by atoms with Crippen LogP contribution in [0.4, 0.5) is 4.79 Å². The van der Waals surface area contributed by atoms with E-state index in [1.54, 1.807) is 24.4 Å². The van der Waals surface area contributed by atoms with Gasteiger partial charge in [0.1, 0.15) is 6.61 Å². The van der Waals surface area contributed by atoms with E-state index < -0.39 is 0 Å². The zero-order chi connectivity index (χ0) is 18.4. The van der Waals surface area contributed by atoms with Crippen LogP contribution in [0.1, 0.15) is 31.2 Å². The van der Waals surface area contributed by atoms with Crippen molar-refractivity contribution >= 4 is 12.0 Å². The van der Waals surface area contributed by atoms with Crippen LogP contribution in [0.3, 0.4) is 0 Å². The Labute approximate surface area is 154 Å². The van der Waals surface area contributed by atoms with Crippen molar-refractivity contribution in [2.24, 2.45) is 5.41 Å². The molecule has 7 nitrogen and oxygen atoms in total. The fraction of sp³-hybridized carbons (Fsp3) is 0.632. The molecule has 1 atom stereocenters. The van der Waals surface area contributed by atoms with E-state index in [0.29, 0.717) is 39.2 Å². The van der Waals surface area contributed by atoms with Crippen molar-refractivity contribution < 1.29 is 19.1 Å². The van der Waals surface area contributed by atoms with Gasteiger partial charge in [0.2, 0.25) is 5.91 Å². The molecule has 26 heavy (non-hydrogen) atoms. The monoisotopic (exact) mass is 361 g/mol. The van der Waals surface area contributed by atoms with Crippen molar-refractivity contribution in [1.82, 2.24) is 14.8 Å². The molecular weight excluding hydrogens is 334 g/mol. The van der Waals surface area contributed by atoms with Crippen LogP contribution in [0.25, 0.3) is 0 Å². The van der Waals surface area contributed by atoms with Gasteiger partial charge in [0, 0.05) is 57.5 Å². The molecule has 0 aliphatic carbocycles. The van der Waals surface area contributed by atoms with Crippen LogP contribution in [0, 0.1) is 5.41 Å². The first-order valence-corrected chi connectivity index (χ1v) is 9.19. The third-order valence-corrected chi connectivity index (χ3v) is 5.30. The van der Waals surface area contributed by atoms with Crippen LogP contribution >= 0.6 is 0 Å². The van der Waals surface area contributed by atoms with Crippen molar-refractivity contribution in [2.75, 3.05) is 40.0 Å². The molecular formula is C19H27N3O4. The fourth-order valence-corrected chi connectivity index (χ4v) is 3.96. The van der Waals surface area contributed by atoms with Gasteiger partial charge >= 0.3 is 6.09 Å². The molecule has 0 N–H and O–H groups in total. The van der Waals surface area contributed by atoms with E-state index in [-0.39, 0.29) is 24.0 Å². The number of pyridine rings is 1. The van der Waals surface area contributed by atoms with Gasteiger partial charge in [0.25, 0.3) is 0 Å². The van der Waals surface area contributed by atoms with Crippen molar-refractivity contribution in [1.29, 1.82) is 0 Å². The molecule has 3 heterocycles. The molecule has 1 unspecified atom stereocenters. The lowest BCUT2D eigenvalue weighted by atomic mass is 9.73. The lowest BCUT2D eigenvalue weighted by Gasteiger charge is -2.47. The number of hydrogen-bond donors (Lipinski definition) is 0. The van der Waals surface area contributed by atoms with E-state index in [9.17, 15) is 9.59 Å². The molecule has 7 heteroatoms. The van der Waals surface area contributed by atoms with Crippen LogP contribution < -0.4 is 0 Å². The van der Waals surface area contributed by atoms with Gasteiger partial charge in [-0.3, -0.25) is 9.78 Å². The Morgan fingerprint density at radius 2 is 2.04 bits per heavy atom. The Kier molecular flexibility index (Phi) is 6.08. The number of carbonyl (C=O) groups excluding carboxylic acids is 2. The van der Waals surface area contributed by atoms with Crippen LogP contribution in [0.15, 0.2) is 24.5 Å². The molecule has 2 aliphatic rings. The summed E-state index contributed by atoms with van der Waals surface area (Å²) in [4.78, 5) is 32.5. The maximum absolute atomic E-state index is 12.4. The minimum Gasteiger partial charge on any atom is -0.447 e. The molecule has 2 aliphatic heterocycles. The Morgan fingerprint density at radius 1 is 1.23 bits per heavy atom. The maximum atomic E-state index is 12.4. The average Bonchev–Trinajstić information content (AvgIpc) is 2.66. The number of aromatic nitrogens is 1. The predicted octanol–water partition coefficient (Wildman–Crippen LogP) is 2.07. The summed E-state index contributed by atoms with van der Waals surface area (Å²) < 4.78 is 10.2. The Balaban J connectivity index is 1.62. The standard InChI is InChI=1S/C19H27N3O4/c1-25-11-12-26-18(24)21-10-2-6-19(14-21)7-3-17(23)22(15-19)13-16-4-8-20-9-5-16/h4-5,8-9H,2-3,6-7,10-15H2,1H3. The van der Waals surface area contributed by atoms with E-state index in [0.717, 1.165) is 24.8 Å². The highest BCUT2D eigenvalue weighted by atomic mass is 16.6. The summed E-state index contributed by atoms with van der Waals surface area (Å²) >= 11 is 0. The van der Waals surface area contributed by atoms with E-state index >= 15 is 0 Å². The van der Waals surface area contributed by atoms with Crippen molar-refractivity contribution in [2.45, 2.75) is 32.2 Å². The van der Waals surface area contributed by atoms with E-state index in [1.165, 1.54) is 0 Å². The number of nitrogens with zero attached hydrogens (tertiary/aromatic N) is 3. The summed E-state index contributed by atoms with van der Waals surface area (Å²) in [6, 6.07) is 3.88. The van der Waals surface area contributed by atoms with Crippen LogP contribution in [-0.4, -0.2) is 66.7 Å². The highest BCUT2D eigenvalue weighted by Crippen LogP contribution is 2.39. The number of methoxy groups -OCH3 is 1. The molecule has 0 aromatic carbocycles. The molecule has 3 rings (SSSR count). The fourth-order valence-electron chi connectivity index (χ4n) is 3.96. The summed E-state index contributed by atoms with van der Waals surface area (Å²) in [6.45, 7) is 3.33. The van der Waals surface area contributed by atoms with Gasteiger partial charge in [-0.1, -0.05) is 0 Å². The molecule has 0 saturated carbocycles. The average molecular weight is 361 g/mol. The third-order valence-electron chi connectivity index (χ3n) is 5.30. The lowest BCUT2D eigenvalue weighted by molar-refractivity contribution is -0.139. The summed E-state index contributed by atoms with van der Waals surface area (Å²) in [6.07, 6.45) is 6.57.